The van der Waals surface area contributed by atoms with Crippen molar-refractivity contribution in [3.63, 3.8) is 0 Å². The summed E-state index contributed by atoms with van der Waals surface area (Å²) in [4.78, 5) is 22.7. The number of carboxylic acid groups (broad SMARTS) is 1. The fourth-order valence-electron chi connectivity index (χ4n) is 2.49. The molecule has 4 nitrogen and oxygen atoms in total. The summed E-state index contributed by atoms with van der Waals surface area (Å²) in [5.41, 5.74) is 0.699. The number of aliphatic carboxylic acids is 1. The van der Waals surface area contributed by atoms with Gasteiger partial charge in [0, 0.05) is 17.1 Å². The number of amides is 1. The Labute approximate surface area is 132 Å². The molecule has 0 spiro atoms. The minimum Gasteiger partial charge on any atom is -0.481 e. The molecule has 0 heterocycles. The largest absolute Gasteiger partial charge is 0.481 e. The Hall–Kier alpha value is -1.62. The van der Waals surface area contributed by atoms with Crippen LogP contribution in [0.15, 0.2) is 34.8 Å². The van der Waals surface area contributed by atoms with Crippen LogP contribution in [0.5, 0.6) is 0 Å². The number of benzene rings is 1. The molecular formula is C16H18BrNO3. The fourth-order valence-corrected chi connectivity index (χ4v) is 2.76. The highest BCUT2D eigenvalue weighted by Crippen LogP contribution is 2.43. The smallest absolute Gasteiger partial charge is 0.303 e. The van der Waals surface area contributed by atoms with Crippen LogP contribution < -0.4 is 5.32 Å². The number of carboxylic acids is 1. The lowest BCUT2D eigenvalue weighted by Gasteiger charge is -2.40. The highest BCUT2D eigenvalue weighted by atomic mass is 79.9. The highest BCUT2D eigenvalue weighted by molar-refractivity contribution is 9.10. The van der Waals surface area contributed by atoms with E-state index in [1.165, 1.54) is 6.08 Å². The molecule has 1 aromatic rings. The maximum absolute atomic E-state index is 11.8. The Kier molecular flexibility index (Phi) is 5.17. The monoisotopic (exact) mass is 351 g/mol. The second-order valence-corrected chi connectivity index (χ2v) is 6.44. The highest BCUT2D eigenvalue weighted by Gasteiger charge is 2.38. The standard InChI is InChI=1S/C16H18BrNO3/c17-13-5-2-12(3-6-13)4-7-14(19)18-11-16(8-1-9-16)10-15(20)21/h2-7H,1,8-11H2,(H,18,19)(H,20,21)/b7-4+. The van der Waals surface area contributed by atoms with E-state index in [4.69, 9.17) is 5.11 Å². The molecule has 21 heavy (non-hydrogen) atoms. The summed E-state index contributed by atoms with van der Waals surface area (Å²) in [6.45, 7) is 0.433. The van der Waals surface area contributed by atoms with Crippen molar-refractivity contribution in [2.75, 3.05) is 6.54 Å². The van der Waals surface area contributed by atoms with Crippen LogP contribution in [-0.2, 0) is 9.59 Å². The molecule has 0 aliphatic heterocycles. The summed E-state index contributed by atoms with van der Waals surface area (Å²) in [6.07, 6.45) is 6.14. The third-order valence-electron chi connectivity index (χ3n) is 3.88. The molecule has 0 aromatic heterocycles. The Morgan fingerprint density at radius 1 is 1.29 bits per heavy atom. The zero-order chi connectivity index (χ0) is 15.3. The Morgan fingerprint density at radius 3 is 2.48 bits per heavy atom. The average Bonchev–Trinajstić information content (AvgIpc) is 2.40. The molecule has 112 valence electrons. The van der Waals surface area contributed by atoms with Crippen molar-refractivity contribution in [2.45, 2.75) is 25.7 Å². The van der Waals surface area contributed by atoms with Gasteiger partial charge in [-0.1, -0.05) is 34.5 Å². The molecule has 0 bridgehead atoms. The lowest BCUT2D eigenvalue weighted by molar-refractivity contribution is -0.141. The first-order valence-electron chi connectivity index (χ1n) is 6.92. The third-order valence-corrected chi connectivity index (χ3v) is 4.40. The van der Waals surface area contributed by atoms with Crippen LogP contribution in [0, 0.1) is 5.41 Å². The van der Waals surface area contributed by atoms with Gasteiger partial charge in [0.05, 0.1) is 6.42 Å². The maximum Gasteiger partial charge on any atom is 0.303 e. The third kappa shape index (κ3) is 4.70. The van der Waals surface area contributed by atoms with E-state index in [9.17, 15) is 9.59 Å². The van der Waals surface area contributed by atoms with Crippen LogP contribution in [0.4, 0.5) is 0 Å². The molecule has 1 aliphatic rings. The molecule has 1 fully saturated rings. The number of halogens is 1. The average molecular weight is 352 g/mol. The van der Waals surface area contributed by atoms with Gasteiger partial charge < -0.3 is 10.4 Å². The number of carbonyl (C=O) groups excluding carboxylic acids is 1. The van der Waals surface area contributed by atoms with Gasteiger partial charge >= 0.3 is 5.97 Å². The first-order valence-corrected chi connectivity index (χ1v) is 7.72. The van der Waals surface area contributed by atoms with Crippen molar-refractivity contribution >= 4 is 33.9 Å². The molecule has 0 saturated heterocycles. The molecule has 2 N–H and O–H groups in total. The zero-order valence-corrected chi connectivity index (χ0v) is 13.2. The van der Waals surface area contributed by atoms with Crippen LogP contribution in [0.1, 0.15) is 31.2 Å². The van der Waals surface area contributed by atoms with E-state index in [1.807, 2.05) is 24.3 Å². The number of nitrogens with one attached hydrogen (secondary N) is 1. The van der Waals surface area contributed by atoms with Crippen LogP contribution in [-0.4, -0.2) is 23.5 Å². The molecule has 0 unspecified atom stereocenters. The summed E-state index contributed by atoms with van der Waals surface area (Å²) >= 11 is 3.35. The molecule has 1 saturated carbocycles. The Bertz CT molecular complexity index is 547. The second-order valence-electron chi connectivity index (χ2n) is 5.53. The number of hydrogen-bond donors (Lipinski definition) is 2. The van der Waals surface area contributed by atoms with E-state index in [0.717, 1.165) is 29.3 Å². The molecule has 2 rings (SSSR count). The van der Waals surface area contributed by atoms with Gasteiger partial charge in [-0.15, -0.1) is 0 Å². The van der Waals surface area contributed by atoms with Gasteiger partial charge in [0.25, 0.3) is 0 Å². The van der Waals surface area contributed by atoms with E-state index in [0.29, 0.717) is 6.54 Å². The molecule has 1 aromatic carbocycles. The number of carbonyl (C=O) groups is 2. The zero-order valence-electron chi connectivity index (χ0n) is 11.6. The summed E-state index contributed by atoms with van der Waals surface area (Å²) in [7, 11) is 0. The van der Waals surface area contributed by atoms with Gasteiger partial charge in [0.2, 0.25) is 5.91 Å². The van der Waals surface area contributed by atoms with Crippen molar-refractivity contribution in [1.82, 2.24) is 5.32 Å². The van der Waals surface area contributed by atoms with Gasteiger partial charge in [-0.2, -0.15) is 0 Å². The molecular weight excluding hydrogens is 334 g/mol. The minimum absolute atomic E-state index is 0.129. The number of hydrogen-bond acceptors (Lipinski definition) is 2. The topological polar surface area (TPSA) is 66.4 Å². The fraction of sp³-hybridized carbons (Fsp3) is 0.375. The first kappa shape index (κ1) is 15.8. The van der Waals surface area contributed by atoms with Crippen molar-refractivity contribution in [1.29, 1.82) is 0 Å². The lowest BCUT2D eigenvalue weighted by Crippen LogP contribution is -2.43. The minimum atomic E-state index is -0.797. The predicted molar refractivity (Wildman–Crippen MR) is 84.7 cm³/mol. The van der Waals surface area contributed by atoms with Crippen LogP contribution in [0.2, 0.25) is 0 Å². The normalized spacial score (nSPS) is 16.4. The second kappa shape index (κ2) is 6.89. The van der Waals surface area contributed by atoms with Gasteiger partial charge in [-0.3, -0.25) is 9.59 Å². The van der Waals surface area contributed by atoms with E-state index < -0.39 is 5.97 Å². The Morgan fingerprint density at radius 2 is 1.95 bits per heavy atom. The summed E-state index contributed by atoms with van der Waals surface area (Å²) in [5.74, 6) is -0.982. The molecule has 5 heteroatoms. The van der Waals surface area contributed by atoms with Gasteiger partial charge in [0.15, 0.2) is 0 Å². The maximum atomic E-state index is 11.8. The van der Waals surface area contributed by atoms with E-state index in [-0.39, 0.29) is 17.7 Å². The summed E-state index contributed by atoms with van der Waals surface area (Å²) < 4.78 is 0.990. The predicted octanol–water partition coefficient (Wildman–Crippen LogP) is 3.22. The van der Waals surface area contributed by atoms with Crippen LogP contribution >= 0.6 is 15.9 Å². The summed E-state index contributed by atoms with van der Waals surface area (Å²) in [6, 6.07) is 7.64. The van der Waals surface area contributed by atoms with E-state index >= 15 is 0 Å². The number of rotatable bonds is 6. The van der Waals surface area contributed by atoms with Crippen molar-refractivity contribution in [3.8, 4) is 0 Å². The van der Waals surface area contributed by atoms with Crippen molar-refractivity contribution in [3.05, 3.63) is 40.4 Å². The van der Waals surface area contributed by atoms with Crippen LogP contribution in [0.3, 0.4) is 0 Å². The van der Waals surface area contributed by atoms with E-state index in [2.05, 4.69) is 21.2 Å². The van der Waals surface area contributed by atoms with E-state index in [1.54, 1.807) is 6.08 Å². The van der Waals surface area contributed by atoms with Gasteiger partial charge in [0.1, 0.15) is 0 Å². The lowest BCUT2D eigenvalue weighted by atomic mass is 9.66. The SMILES string of the molecule is O=C(O)CC1(CNC(=O)/C=C/c2ccc(Br)cc2)CCC1. The molecule has 1 aliphatic carbocycles. The van der Waals surface area contributed by atoms with Gasteiger partial charge in [-0.05, 0) is 42.0 Å². The Balaban J connectivity index is 1.84. The molecule has 0 atom stereocenters. The molecule has 1 amide bonds. The quantitative estimate of drug-likeness (QED) is 0.773. The summed E-state index contributed by atoms with van der Waals surface area (Å²) in [5, 5.41) is 11.7. The van der Waals surface area contributed by atoms with Crippen LogP contribution in [0.25, 0.3) is 6.08 Å². The van der Waals surface area contributed by atoms with Crippen molar-refractivity contribution < 1.29 is 14.7 Å². The van der Waals surface area contributed by atoms with Gasteiger partial charge in [-0.25, -0.2) is 0 Å². The first-order chi connectivity index (χ1) is 9.99. The van der Waals surface area contributed by atoms with Crippen molar-refractivity contribution in [2.24, 2.45) is 5.41 Å². The molecule has 0 radical (unpaired) electrons.